The lowest BCUT2D eigenvalue weighted by Gasteiger charge is -2.13. The van der Waals surface area contributed by atoms with Gasteiger partial charge in [0.05, 0.1) is 23.9 Å². The van der Waals surface area contributed by atoms with Crippen LogP contribution < -0.4 is 9.46 Å². The van der Waals surface area contributed by atoms with Gasteiger partial charge in [-0.05, 0) is 54.6 Å². The van der Waals surface area contributed by atoms with Crippen LogP contribution >= 0.6 is 0 Å². The lowest BCUT2D eigenvalue weighted by Crippen LogP contribution is -2.15. The fourth-order valence-corrected chi connectivity index (χ4v) is 4.24. The highest BCUT2D eigenvalue weighted by Crippen LogP contribution is 2.31. The summed E-state index contributed by atoms with van der Waals surface area (Å²) in [4.78, 5) is 8.16. The molecule has 1 N–H and O–H groups in total. The lowest BCUT2D eigenvalue weighted by molar-refractivity contribution is 0.419. The summed E-state index contributed by atoms with van der Waals surface area (Å²) >= 11 is 0. The number of hydrogen-bond acceptors (Lipinski definition) is 5. The summed E-state index contributed by atoms with van der Waals surface area (Å²) in [5.41, 5.74) is 1.22. The molecule has 0 amide bonds. The average molecular weight is 433 g/mol. The number of anilines is 1. The Labute approximate surface area is 178 Å². The first-order valence-electron chi connectivity index (χ1n) is 9.14. The second-order valence-electron chi connectivity index (χ2n) is 6.45. The quantitative estimate of drug-likeness (QED) is 0.493. The van der Waals surface area contributed by atoms with E-state index in [9.17, 15) is 12.8 Å². The molecule has 8 heteroatoms. The minimum Gasteiger partial charge on any atom is -0.496 e. The van der Waals surface area contributed by atoms with Crippen molar-refractivity contribution in [2.24, 2.45) is 0 Å². The first-order chi connectivity index (χ1) is 15.0. The van der Waals surface area contributed by atoms with E-state index in [1.807, 2.05) is 0 Å². The fourth-order valence-electron chi connectivity index (χ4n) is 3.00. The number of hydrogen-bond donors (Lipinski definition) is 1. The highest BCUT2D eigenvalue weighted by molar-refractivity contribution is 7.93. The van der Waals surface area contributed by atoms with Crippen molar-refractivity contribution in [3.8, 4) is 17.6 Å². The molecule has 0 unspecified atom stereocenters. The predicted octanol–water partition coefficient (Wildman–Crippen LogP) is 3.98. The van der Waals surface area contributed by atoms with Crippen molar-refractivity contribution in [2.75, 3.05) is 11.8 Å². The Morgan fingerprint density at radius 2 is 1.87 bits per heavy atom. The molecule has 2 aromatic heterocycles. The van der Waals surface area contributed by atoms with E-state index in [2.05, 4.69) is 26.5 Å². The monoisotopic (exact) mass is 433 g/mol. The molecule has 31 heavy (non-hydrogen) atoms. The van der Waals surface area contributed by atoms with Crippen LogP contribution in [0, 0.1) is 17.7 Å². The molecule has 4 rings (SSSR count). The Hall–Kier alpha value is -3.96. The molecular weight excluding hydrogens is 417 g/mol. The van der Waals surface area contributed by atoms with Gasteiger partial charge >= 0.3 is 0 Å². The van der Waals surface area contributed by atoms with Gasteiger partial charge in [0.15, 0.2) is 0 Å². The third-order valence-electron chi connectivity index (χ3n) is 4.43. The van der Waals surface area contributed by atoms with Crippen molar-refractivity contribution in [3.63, 3.8) is 0 Å². The van der Waals surface area contributed by atoms with Gasteiger partial charge in [-0.1, -0.05) is 11.8 Å². The summed E-state index contributed by atoms with van der Waals surface area (Å²) in [5, 5.41) is 0.559. The first kappa shape index (κ1) is 20.3. The molecule has 0 aliphatic rings. The predicted molar refractivity (Wildman–Crippen MR) is 116 cm³/mol. The molecule has 0 saturated heterocycles. The van der Waals surface area contributed by atoms with E-state index in [0.717, 1.165) is 6.07 Å². The van der Waals surface area contributed by atoms with Gasteiger partial charge in [0.25, 0.3) is 10.0 Å². The summed E-state index contributed by atoms with van der Waals surface area (Å²) in [6.45, 7) is 0. The molecule has 0 saturated carbocycles. The van der Waals surface area contributed by atoms with Gasteiger partial charge in [0, 0.05) is 29.5 Å². The van der Waals surface area contributed by atoms with Gasteiger partial charge in [-0.15, -0.1) is 0 Å². The van der Waals surface area contributed by atoms with E-state index >= 15 is 0 Å². The zero-order valence-electron chi connectivity index (χ0n) is 16.3. The maximum Gasteiger partial charge on any atom is 0.264 e. The van der Waals surface area contributed by atoms with Crippen LogP contribution in [-0.4, -0.2) is 25.5 Å². The minimum atomic E-state index is -4.05. The Morgan fingerprint density at radius 3 is 2.65 bits per heavy atom. The number of methoxy groups -OCH3 is 1. The van der Waals surface area contributed by atoms with E-state index < -0.39 is 15.8 Å². The van der Waals surface area contributed by atoms with E-state index in [1.165, 1.54) is 31.5 Å². The maximum absolute atomic E-state index is 13.8. The number of aromatic nitrogens is 2. The zero-order chi connectivity index (χ0) is 21.8. The molecule has 154 valence electrons. The van der Waals surface area contributed by atoms with Crippen LogP contribution in [0.3, 0.4) is 0 Å². The van der Waals surface area contributed by atoms with Gasteiger partial charge < -0.3 is 4.74 Å². The average Bonchev–Trinajstić information content (AvgIpc) is 2.79. The third-order valence-corrected chi connectivity index (χ3v) is 5.83. The molecule has 4 aromatic rings. The number of benzene rings is 2. The molecule has 0 aliphatic carbocycles. The van der Waals surface area contributed by atoms with Crippen molar-refractivity contribution < 1.29 is 17.5 Å². The van der Waals surface area contributed by atoms with Crippen LogP contribution in [0.25, 0.3) is 10.9 Å². The minimum absolute atomic E-state index is 0.0283. The van der Waals surface area contributed by atoms with Gasteiger partial charge in [-0.2, -0.15) is 0 Å². The number of halogens is 1. The molecule has 2 heterocycles. The molecular formula is C23H16FN3O3S. The Balaban J connectivity index is 1.77. The summed E-state index contributed by atoms with van der Waals surface area (Å²) in [6.07, 6.45) is 4.68. The zero-order valence-corrected chi connectivity index (χ0v) is 17.2. The first-order valence-corrected chi connectivity index (χ1v) is 10.6. The van der Waals surface area contributed by atoms with Crippen molar-refractivity contribution in [2.45, 2.75) is 4.90 Å². The number of sulfonamides is 1. The summed E-state index contributed by atoms with van der Waals surface area (Å²) in [5.74, 6) is 5.64. The normalized spacial score (nSPS) is 10.9. The van der Waals surface area contributed by atoms with Crippen LogP contribution in [0.15, 0.2) is 78.1 Å². The van der Waals surface area contributed by atoms with Crippen molar-refractivity contribution in [3.05, 3.63) is 90.1 Å². The Bertz CT molecular complexity index is 1430. The molecule has 0 aliphatic heterocycles. The van der Waals surface area contributed by atoms with Gasteiger partial charge in [0.2, 0.25) is 0 Å². The number of fused-ring (bicyclic) bond motifs is 1. The molecule has 0 fully saturated rings. The molecule has 0 atom stereocenters. The fraction of sp³-hybridized carbons (Fsp3) is 0.0435. The standard InChI is InChI=1S/C23H16FN3O3S/c1-30-21-10-11-22(23-19(21)5-3-13-26-23)31(28,29)27-20-9-8-18(24)14-17(20)7-6-16-4-2-12-25-15-16/h2-5,8-15,27H,1H3. The number of ether oxygens (including phenoxy) is 1. The molecule has 2 aromatic carbocycles. The summed E-state index contributed by atoms with van der Waals surface area (Å²) < 4.78 is 48.0. The second-order valence-corrected chi connectivity index (χ2v) is 8.10. The van der Waals surface area contributed by atoms with Gasteiger partial charge in [-0.25, -0.2) is 12.8 Å². The van der Waals surface area contributed by atoms with Crippen LogP contribution in [0.5, 0.6) is 5.75 Å². The number of nitrogens with one attached hydrogen (secondary N) is 1. The van der Waals surface area contributed by atoms with Crippen LogP contribution in [0.1, 0.15) is 11.1 Å². The van der Waals surface area contributed by atoms with Crippen molar-refractivity contribution >= 4 is 26.6 Å². The lowest BCUT2D eigenvalue weighted by atomic mass is 10.1. The van der Waals surface area contributed by atoms with E-state index in [1.54, 1.807) is 42.7 Å². The van der Waals surface area contributed by atoms with Crippen LogP contribution in [0.2, 0.25) is 0 Å². The highest BCUT2D eigenvalue weighted by Gasteiger charge is 2.21. The number of pyridine rings is 2. The molecule has 0 bridgehead atoms. The Kier molecular flexibility index (Phi) is 5.52. The van der Waals surface area contributed by atoms with Crippen molar-refractivity contribution in [1.82, 2.24) is 9.97 Å². The number of rotatable bonds is 4. The highest BCUT2D eigenvalue weighted by atomic mass is 32.2. The van der Waals surface area contributed by atoms with Crippen LogP contribution in [-0.2, 0) is 10.0 Å². The SMILES string of the molecule is COc1ccc(S(=O)(=O)Nc2ccc(F)cc2C#Cc2cccnc2)c2ncccc12. The van der Waals surface area contributed by atoms with E-state index in [4.69, 9.17) is 4.74 Å². The number of nitrogens with zero attached hydrogens (tertiary/aromatic N) is 2. The maximum atomic E-state index is 13.8. The summed E-state index contributed by atoms with van der Waals surface area (Å²) in [6, 6.07) is 13.5. The Morgan fingerprint density at radius 1 is 1.03 bits per heavy atom. The smallest absolute Gasteiger partial charge is 0.264 e. The second kappa shape index (κ2) is 8.42. The van der Waals surface area contributed by atoms with E-state index in [0.29, 0.717) is 16.7 Å². The van der Waals surface area contributed by atoms with E-state index in [-0.39, 0.29) is 21.7 Å². The van der Waals surface area contributed by atoms with Gasteiger partial charge in [0.1, 0.15) is 16.5 Å². The largest absolute Gasteiger partial charge is 0.496 e. The van der Waals surface area contributed by atoms with Crippen LogP contribution in [0.4, 0.5) is 10.1 Å². The van der Waals surface area contributed by atoms with Gasteiger partial charge in [-0.3, -0.25) is 14.7 Å². The topological polar surface area (TPSA) is 81.2 Å². The molecule has 0 radical (unpaired) electrons. The summed E-state index contributed by atoms with van der Waals surface area (Å²) in [7, 11) is -2.55. The molecule has 0 spiro atoms. The van der Waals surface area contributed by atoms with Crippen molar-refractivity contribution in [1.29, 1.82) is 0 Å². The third kappa shape index (κ3) is 4.32. The molecule has 6 nitrogen and oxygen atoms in total.